The Labute approximate surface area is 94.1 Å². The van der Waals surface area contributed by atoms with Crippen LogP contribution in [-0.4, -0.2) is 16.1 Å². The third-order valence-electron chi connectivity index (χ3n) is 2.97. The van der Waals surface area contributed by atoms with Crippen LogP contribution < -0.4 is 0 Å². The van der Waals surface area contributed by atoms with Gasteiger partial charge < -0.3 is 10.1 Å². The largest absolute Gasteiger partial charge is 0.481 e. The zero-order valence-corrected chi connectivity index (χ0v) is 9.45. The predicted octanol–water partition coefficient (Wildman–Crippen LogP) is 3.05. The van der Waals surface area contributed by atoms with Crippen molar-refractivity contribution in [2.45, 2.75) is 26.2 Å². The van der Waals surface area contributed by atoms with Gasteiger partial charge in [-0.1, -0.05) is 25.1 Å². The Kier molecular flexibility index (Phi) is 2.69. The number of aromatic nitrogens is 1. The van der Waals surface area contributed by atoms with Gasteiger partial charge in [0, 0.05) is 17.1 Å². The first kappa shape index (κ1) is 10.7. The number of aryl methyl sites for hydroxylation is 1. The molecular weight excluding hydrogens is 202 g/mol. The molecule has 0 saturated heterocycles. The minimum absolute atomic E-state index is 0.0352. The van der Waals surface area contributed by atoms with E-state index in [4.69, 9.17) is 5.11 Å². The molecule has 1 atom stereocenters. The molecule has 1 heterocycles. The van der Waals surface area contributed by atoms with Crippen molar-refractivity contribution >= 4 is 16.9 Å². The first-order valence-electron chi connectivity index (χ1n) is 5.38. The number of benzene rings is 1. The number of rotatable bonds is 3. The Morgan fingerprint density at radius 3 is 2.94 bits per heavy atom. The highest BCUT2D eigenvalue weighted by atomic mass is 16.4. The van der Waals surface area contributed by atoms with Crippen LogP contribution in [0.1, 0.15) is 30.4 Å². The molecule has 2 rings (SSSR count). The molecule has 16 heavy (non-hydrogen) atoms. The molecule has 0 saturated carbocycles. The minimum atomic E-state index is -0.755. The third kappa shape index (κ3) is 1.81. The average molecular weight is 217 g/mol. The number of aliphatic carboxylic acids is 1. The Morgan fingerprint density at radius 2 is 2.25 bits per heavy atom. The van der Waals surface area contributed by atoms with E-state index in [0.717, 1.165) is 16.5 Å². The van der Waals surface area contributed by atoms with E-state index in [2.05, 4.69) is 4.98 Å². The minimum Gasteiger partial charge on any atom is -0.481 e. The number of carboxylic acids is 1. The molecule has 0 bridgehead atoms. The number of H-pyrrole nitrogens is 1. The van der Waals surface area contributed by atoms with Gasteiger partial charge in [-0.15, -0.1) is 0 Å². The summed E-state index contributed by atoms with van der Waals surface area (Å²) in [6.07, 6.45) is 2.09. The number of aromatic amines is 1. The lowest BCUT2D eigenvalue weighted by atomic mass is 9.97. The Balaban J connectivity index is 2.46. The van der Waals surface area contributed by atoms with Gasteiger partial charge in [0.1, 0.15) is 0 Å². The molecule has 0 aliphatic heterocycles. The molecule has 0 aliphatic rings. The normalized spacial score (nSPS) is 12.9. The second kappa shape index (κ2) is 4.00. The number of para-hydroxylation sites is 1. The summed E-state index contributed by atoms with van der Waals surface area (Å²) in [6, 6.07) is 6.08. The van der Waals surface area contributed by atoms with Crippen LogP contribution in [0.25, 0.3) is 10.9 Å². The van der Waals surface area contributed by atoms with Crippen molar-refractivity contribution in [1.29, 1.82) is 0 Å². The summed E-state index contributed by atoms with van der Waals surface area (Å²) in [7, 11) is 0. The van der Waals surface area contributed by atoms with Crippen LogP contribution in [0.4, 0.5) is 0 Å². The van der Waals surface area contributed by atoms with Crippen LogP contribution in [-0.2, 0) is 4.79 Å². The van der Waals surface area contributed by atoms with Crippen molar-refractivity contribution in [3.63, 3.8) is 0 Å². The van der Waals surface area contributed by atoms with Gasteiger partial charge in [0.25, 0.3) is 0 Å². The smallest absolute Gasteiger partial charge is 0.303 e. The third-order valence-corrected chi connectivity index (χ3v) is 2.97. The van der Waals surface area contributed by atoms with Crippen molar-refractivity contribution in [2.24, 2.45) is 0 Å². The van der Waals surface area contributed by atoms with Crippen molar-refractivity contribution in [2.75, 3.05) is 0 Å². The maximum atomic E-state index is 10.7. The topological polar surface area (TPSA) is 53.1 Å². The van der Waals surface area contributed by atoms with Crippen molar-refractivity contribution in [3.05, 3.63) is 35.5 Å². The summed E-state index contributed by atoms with van der Waals surface area (Å²) >= 11 is 0. The first-order chi connectivity index (χ1) is 7.59. The lowest BCUT2D eigenvalue weighted by Crippen LogP contribution is -2.02. The second-order valence-corrected chi connectivity index (χ2v) is 4.24. The van der Waals surface area contributed by atoms with Gasteiger partial charge in [0.2, 0.25) is 0 Å². The maximum Gasteiger partial charge on any atom is 0.303 e. The Morgan fingerprint density at radius 1 is 1.50 bits per heavy atom. The van der Waals surface area contributed by atoms with Crippen molar-refractivity contribution in [1.82, 2.24) is 4.98 Å². The predicted molar refractivity (Wildman–Crippen MR) is 63.7 cm³/mol. The van der Waals surface area contributed by atoms with E-state index >= 15 is 0 Å². The van der Waals surface area contributed by atoms with Gasteiger partial charge in [0.05, 0.1) is 6.42 Å². The van der Waals surface area contributed by atoms with Crippen LogP contribution >= 0.6 is 0 Å². The zero-order chi connectivity index (χ0) is 11.7. The number of carboxylic acid groups (broad SMARTS) is 1. The van der Waals surface area contributed by atoms with Crippen LogP contribution in [0.3, 0.4) is 0 Å². The fourth-order valence-corrected chi connectivity index (χ4v) is 2.11. The summed E-state index contributed by atoms with van der Waals surface area (Å²) in [4.78, 5) is 13.9. The fraction of sp³-hybridized carbons (Fsp3) is 0.308. The summed E-state index contributed by atoms with van der Waals surface area (Å²) < 4.78 is 0. The summed E-state index contributed by atoms with van der Waals surface area (Å²) in [5, 5.41) is 9.93. The maximum absolute atomic E-state index is 10.7. The quantitative estimate of drug-likeness (QED) is 0.830. The molecule has 1 aromatic carbocycles. The molecule has 0 spiro atoms. The Hall–Kier alpha value is -1.77. The molecule has 0 fully saturated rings. The highest BCUT2D eigenvalue weighted by Gasteiger charge is 2.14. The van der Waals surface area contributed by atoms with Crippen LogP contribution in [0.15, 0.2) is 24.4 Å². The molecule has 2 N–H and O–H groups in total. The molecule has 3 heteroatoms. The highest BCUT2D eigenvalue weighted by molar-refractivity contribution is 5.86. The highest BCUT2D eigenvalue weighted by Crippen LogP contribution is 2.28. The number of nitrogens with one attached hydrogen (secondary N) is 1. The summed E-state index contributed by atoms with van der Waals surface area (Å²) in [5.41, 5.74) is 3.38. The molecule has 0 unspecified atom stereocenters. The monoisotopic (exact) mass is 217 g/mol. The van der Waals surface area contributed by atoms with Gasteiger partial charge in [-0.3, -0.25) is 4.79 Å². The van der Waals surface area contributed by atoms with E-state index in [0.29, 0.717) is 0 Å². The SMILES string of the molecule is Cc1cccc2c([C@H](C)CC(=O)O)c[nH]c12. The molecule has 0 amide bonds. The van der Waals surface area contributed by atoms with E-state index in [9.17, 15) is 4.79 Å². The van der Waals surface area contributed by atoms with Gasteiger partial charge >= 0.3 is 5.97 Å². The summed E-state index contributed by atoms with van der Waals surface area (Å²) in [6.45, 7) is 3.99. The van der Waals surface area contributed by atoms with Crippen molar-refractivity contribution in [3.8, 4) is 0 Å². The lowest BCUT2D eigenvalue weighted by molar-refractivity contribution is -0.137. The standard InChI is InChI=1S/C13H15NO2/c1-8-4-3-5-10-11(7-14-13(8)10)9(2)6-12(15)16/h3-5,7,9,14H,6H2,1-2H3,(H,15,16)/t9-/m1/s1. The van der Waals surface area contributed by atoms with E-state index in [-0.39, 0.29) is 12.3 Å². The lowest BCUT2D eigenvalue weighted by Gasteiger charge is -2.07. The molecule has 3 nitrogen and oxygen atoms in total. The number of carbonyl (C=O) groups is 1. The molecule has 84 valence electrons. The van der Waals surface area contributed by atoms with E-state index < -0.39 is 5.97 Å². The number of hydrogen-bond donors (Lipinski definition) is 2. The van der Waals surface area contributed by atoms with Gasteiger partial charge in [-0.05, 0) is 24.0 Å². The Bertz CT molecular complexity index is 528. The average Bonchev–Trinajstić information content (AvgIpc) is 2.61. The van der Waals surface area contributed by atoms with E-state index in [1.807, 2.05) is 38.2 Å². The van der Waals surface area contributed by atoms with E-state index in [1.54, 1.807) is 0 Å². The van der Waals surface area contributed by atoms with Gasteiger partial charge in [0.15, 0.2) is 0 Å². The molecule has 0 radical (unpaired) electrons. The van der Waals surface area contributed by atoms with Crippen molar-refractivity contribution < 1.29 is 9.90 Å². The molecule has 1 aromatic heterocycles. The first-order valence-corrected chi connectivity index (χ1v) is 5.38. The summed E-state index contributed by atoms with van der Waals surface area (Å²) in [5.74, 6) is -0.720. The van der Waals surface area contributed by atoms with Crippen LogP contribution in [0.5, 0.6) is 0 Å². The van der Waals surface area contributed by atoms with Crippen LogP contribution in [0, 0.1) is 6.92 Å². The van der Waals surface area contributed by atoms with Gasteiger partial charge in [-0.25, -0.2) is 0 Å². The fourth-order valence-electron chi connectivity index (χ4n) is 2.11. The second-order valence-electron chi connectivity index (χ2n) is 4.24. The molecular formula is C13H15NO2. The van der Waals surface area contributed by atoms with Gasteiger partial charge in [-0.2, -0.15) is 0 Å². The molecule has 2 aromatic rings. The number of hydrogen-bond acceptors (Lipinski definition) is 1. The van der Waals surface area contributed by atoms with E-state index in [1.165, 1.54) is 5.56 Å². The number of fused-ring (bicyclic) bond motifs is 1. The zero-order valence-electron chi connectivity index (χ0n) is 9.45. The molecule has 0 aliphatic carbocycles. The van der Waals surface area contributed by atoms with Crippen LogP contribution in [0.2, 0.25) is 0 Å².